The number of nitrogens with zero attached hydrogens (tertiary/aromatic N) is 1. The van der Waals surface area contributed by atoms with Gasteiger partial charge in [0.25, 0.3) is 5.91 Å². The number of benzene rings is 1. The summed E-state index contributed by atoms with van der Waals surface area (Å²) in [5.74, 6) is -0.0891. The van der Waals surface area contributed by atoms with Crippen LogP contribution in [0.3, 0.4) is 0 Å². The summed E-state index contributed by atoms with van der Waals surface area (Å²) >= 11 is 0. The molecule has 0 aromatic heterocycles. The van der Waals surface area contributed by atoms with Crippen molar-refractivity contribution in [2.24, 2.45) is 0 Å². The highest BCUT2D eigenvalue weighted by Crippen LogP contribution is 2.33. The second-order valence-electron chi connectivity index (χ2n) is 7.78. The first-order valence-corrected chi connectivity index (χ1v) is 10.1. The molecule has 1 aromatic rings. The van der Waals surface area contributed by atoms with Crippen LogP contribution in [0.25, 0.3) is 0 Å². The molecule has 28 heavy (non-hydrogen) atoms. The zero-order chi connectivity index (χ0) is 19.7. The largest absolute Gasteiger partial charge is 0.490 e. The van der Waals surface area contributed by atoms with Gasteiger partial charge in [0.1, 0.15) is 17.9 Å². The average Bonchev–Trinajstić information content (AvgIpc) is 2.95. The number of amides is 3. The van der Waals surface area contributed by atoms with Crippen LogP contribution in [0.1, 0.15) is 61.4 Å². The van der Waals surface area contributed by atoms with E-state index in [1.807, 2.05) is 12.1 Å². The predicted octanol–water partition coefficient (Wildman–Crippen LogP) is 2.17. The summed E-state index contributed by atoms with van der Waals surface area (Å²) in [5, 5.41) is 2.32. The third kappa shape index (κ3) is 3.76. The fraction of sp³-hybridized carbons (Fsp3) is 0.571. The standard InChI is InChI=1S/C21H26N2O5/c1-2-3-8-27-15-10-16(11-15)28-14-4-5-17-13(9-14)12-23(21(17)26)18-6-7-19(24)22-20(18)25/h4-5,9,15-16,18H,2-3,6-8,10-12H2,1H3,(H,22,24,25). The molecule has 2 heterocycles. The molecule has 150 valence electrons. The summed E-state index contributed by atoms with van der Waals surface area (Å²) in [4.78, 5) is 37.7. The molecule has 4 rings (SSSR count). The Kier molecular flexibility index (Phi) is 5.35. The van der Waals surface area contributed by atoms with E-state index in [2.05, 4.69) is 12.2 Å². The Morgan fingerprint density at radius 1 is 1.18 bits per heavy atom. The molecular formula is C21H26N2O5. The zero-order valence-electron chi connectivity index (χ0n) is 16.1. The minimum absolute atomic E-state index is 0.146. The van der Waals surface area contributed by atoms with E-state index < -0.39 is 11.9 Å². The van der Waals surface area contributed by atoms with Gasteiger partial charge < -0.3 is 14.4 Å². The zero-order valence-corrected chi connectivity index (χ0v) is 16.1. The number of rotatable bonds is 7. The Morgan fingerprint density at radius 2 is 2.00 bits per heavy atom. The molecule has 1 aliphatic carbocycles. The summed E-state index contributed by atoms with van der Waals surface area (Å²) in [5.41, 5.74) is 1.47. The lowest BCUT2D eigenvalue weighted by Gasteiger charge is -2.35. The summed E-state index contributed by atoms with van der Waals surface area (Å²) < 4.78 is 11.8. The number of carbonyl (C=O) groups is 3. The van der Waals surface area contributed by atoms with E-state index in [9.17, 15) is 14.4 Å². The second kappa shape index (κ2) is 7.91. The van der Waals surface area contributed by atoms with Crippen LogP contribution in [0, 0.1) is 0 Å². The van der Waals surface area contributed by atoms with E-state index in [1.165, 1.54) is 0 Å². The first-order valence-electron chi connectivity index (χ1n) is 10.1. The average molecular weight is 386 g/mol. The van der Waals surface area contributed by atoms with Gasteiger partial charge in [0.05, 0.1) is 6.10 Å². The molecule has 0 radical (unpaired) electrons. The van der Waals surface area contributed by atoms with Gasteiger partial charge in [-0.1, -0.05) is 13.3 Å². The van der Waals surface area contributed by atoms with E-state index in [0.29, 0.717) is 18.5 Å². The highest BCUT2D eigenvalue weighted by Gasteiger charge is 2.39. The molecule has 2 aliphatic heterocycles. The first kappa shape index (κ1) is 18.9. The van der Waals surface area contributed by atoms with Crippen LogP contribution in [0.4, 0.5) is 0 Å². The Bertz CT molecular complexity index is 787. The third-order valence-electron chi connectivity index (χ3n) is 5.70. The topological polar surface area (TPSA) is 84.9 Å². The number of hydrogen-bond acceptors (Lipinski definition) is 5. The van der Waals surface area contributed by atoms with Gasteiger partial charge >= 0.3 is 0 Å². The molecular weight excluding hydrogens is 360 g/mol. The van der Waals surface area contributed by atoms with E-state index in [-0.39, 0.29) is 30.4 Å². The number of unbranched alkanes of at least 4 members (excludes halogenated alkanes) is 1. The second-order valence-corrected chi connectivity index (χ2v) is 7.78. The number of fused-ring (bicyclic) bond motifs is 1. The monoisotopic (exact) mass is 386 g/mol. The van der Waals surface area contributed by atoms with Gasteiger partial charge in [0.15, 0.2) is 0 Å². The molecule has 3 amide bonds. The maximum atomic E-state index is 12.7. The SMILES string of the molecule is CCCCOC1CC(Oc2ccc3c(c2)CN(C2CCC(=O)NC2=O)C3=O)C1. The molecule has 1 unspecified atom stereocenters. The number of nitrogens with one attached hydrogen (secondary N) is 1. The van der Waals surface area contributed by atoms with Gasteiger partial charge in [-0.2, -0.15) is 0 Å². The summed E-state index contributed by atoms with van der Waals surface area (Å²) in [6.07, 6.45) is 5.07. The molecule has 1 N–H and O–H groups in total. The van der Waals surface area contributed by atoms with Gasteiger partial charge in [0.2, 0.25) is 11.8 Å². The van der Waals surface area contributed by atoms with Crippen molar-refractivity contribution < 1.29 is 23.9 Å². The van der Waals surface area contributed by atoms with Gasteiger partial charge in [-0.25, -0.2) is 0 Å². The molecule has 7 nitrogen and oxygen atoms in total. The maximum absolute atomic E-state index is 12.7. The van der Waals surface area contributed by atoms with Crippen molar-refractivity contribution in [2.75, 3.05) is 6.61 Å². The van der Waals surface area contributed by atoms with Crippen LogP contribution in [0.5, 0.6) is 5.75 Å². The van der Waals surface area contributed by atoms with Crippen molar-refractivity contribution in [3.8, 4) is 5.75 Å². The van der Waals surface area contributed by atoms with Crippen molar-refractivity contribution in [1.29, 1.82) is 0 Å². The van der Waals surface area contributed by atoms with Gasteiger partial charge in [-0.3, -0.25) is 19.7 Å². The molecule has 2 fully saturated rings. The van der Waals surface area contributed by atoms with Crippen molar-refractivity contribution in [3.63, 3.8) is 0 Å². The number of hydrogen-bond donors (Lipinski definition) is 1. The van der Waals surface area contributed by atoms with Crippen LogP contribution < -0.4 is 10.1 Å². The Hall–Kier alpha value is -2.41. The smallest absolute Gasteiger partial charge is 0.255 e. The van der Waals surface area contributed by atoms with E-state index >= 15 is 0 Å². The minimum atomic E-state index is -0.588. The number of piperidine rings is 1. The Morgan fingerprint density at radius 3 is 2.75 bits per heavy atom. The molecule has 1 saturated heterocycles. The number of carbonyl (C=O) groups excluding carboxylic acids is 3. The Labute approximate surface area is 164 Å². The molecule has 0 spiro atoms. The van der Waals surface area contributed by atoms with Crippen LogP contribution in [-0.4, -0.2) is 47.5 Å². The van der Waals surface area contributed by atoms with Gasteiger partial charge in [0, 0.05) is 38.0 Å². The number of imide groups is 1. The molecule has 1 saturated carbocycles. The number of ether oxygens (including phenoxy) is 2. The van der Waals surface area contributed by atoms with Gasteiger partial charge in [-0.05, 0) is 36.6 Å². The maximum Gasteiger partial charge on any atom is 0.255 e. The molecule has 3 aliphatic rings. The minimum Gasteiger partial charge on any atom is -0.490 e. The third-order valence-corrected chi connectivity index (χ3v) is 5.70. The lowest BCUT2D eigenvalue weighted by Crippen LogP contribution is -2.52. The van der Waals surface area contributed by atoms with Crippen LogP contribution in [-0.2, 0) is 20.9 Å². The molecule has 1 aromatic carbocycles. The molecule has 0 bridgehead atoms. The fourth-order valence-electron chi connectivity index (χ4n) is 3.96. The van der Waals surface area contributed by atoms with E-state index in [1.54, 1.807) is 11.0 Å². The van der Waals surface area contributed by atoms with Crippen LogP contribution in [0.15, 0.2) is 18.2 Å². The fourth-order valence-corrected chi connectivity index (χ4v) is 3.96. The predicted molar refractivity (Wildman–Crippen MR) is 101 cm³/mol. The van der Waals surface area contributed by atoms with E-state index in [4.69, 9.17) is 9.47 Å². The van der Waals surface area contributed by atoms with Crippen LogP contribution >= 0.6 is 0 Å². The Balaban J connectivity index is 1.34. The van der Waals surface area contributed by atoms with Crippen molar-refractivity contribution in [2.45, 2.75) is 70.2 Å². The van der Waals surface area contributed by atoms with Crippen molar-refractivity contribution in [1.82, 2.24) is 10.2 Å². The molecule has 1 atom stereocenters. The quantitative estimate of drug-likeness (QED) is 0.573. The first-order chi connectivity index (χ1) is 13.5. The van der Waals surface area contributed by atoms with Crippen molar-refractivity contribution in [3.05, 3.63) is 29.3 Å². The van der Waals surface area contributed by atoms with Crippen molar-refractivity contribution >= 4 is 17.7 Å². The highest BCUT2D eigenvalue weighted by atomic mass is 16.5. The summed E-state index contributed by atoms with van der Waals surface area (Å²) in [6, 6.07) is 4.89. The van der Waals surface area contributed by atoms with E-state index in [0.717, 1.165) is 43.6 Å². The summed E-state index contributed by atoms with van der Waals surface area (Å²) in [7, 11) is 0. The van der Waals surface area contributed by atoms with Crippen LogP contribution in [0.2, 0.25) is 0 Å². The molecule has 7 heteroatoms. The van der Waals surface area contributed by atoms with Gasteiger partial charge in [-0.15, -0.1) is 0 Å². The summed E-state index contributed by atoms with van der Waals surface area (Å²) in [6.45, 7) is 3.33. The highest BCUT2D eigenvalue weighted by molar-refractivity contribution is 6.05. The lowest BCUT2D eigenvalue weighted by molar-refractivity contribution is -0.136. The normalized spacial score (nSPS) is 26.7. The lowest BCUT2D eigenvalue weighted by atomic mass is 9.92.